The van der Waals surface area contributed by atoms with Gasteiger partial charge in [-0.3, -0.25) is 4.90 Å². The number of nitrogens with one attached hydrogen (secondary N) is 2. The van der Waals surface area contributed by atoms with Crippen LogP contribution in [0.4, 0.5) is 14.9 Å². The van der Waals surface area contributed by atoms with Crippen LogP contribution in [0.3, 0.4) is 0 Å². The summed E-state index contributed by atoms with van der Waals surface area (Å²) in [6, 6.07) is 5.67. The van der Waals surface area contributed by atoms with E-state index in [0.29, 0.717) is 5.69 Å². The first-order chi connectivity index (χ1) is 13.2. The number of aryl methyl sites for hydroxylation is 1. The fraction of sp³-hybridized carbons (Fsp3) is 0.500. The molecular weight excluding hydrogens is 347 g/mol. The number of anilines is 1. The smallest absolute Gasteiger partial charge is 0.319 e. The van der Waals surface area contributed by atoms with Crippen molar-refractivity contribution in [3.63, 3.8) is 0 Å². The molecule has 2 N–H and O–H groups in total. The van der Waals surface area contributed by atoms with Crippen molar-refractivity contribution in [2.24, 2.45) is 0 Å². The number of hydrogen-bond acceptors (Lipinski definition) is 4. The van der Waals surface area contributed by atoms with Crippen LogP contribution in [0.15, 0.2) is 28.8 Å². The minimum atomic E-state index is -0.318. The number of amides is 2. The number of likely N-dealkylation sites (tertiary alicyclic amines) is 1. The van der Waals surface area contributed by atoms with E-state index in [1.807, 2.05) is 0 Å². The maximum absolute atomic E-state index is 12.9. The lowest BCUT2D eigenvalue weighted by Gasteiger charge is -2.32. The quantitative estimate of drug-likeness (QED) is 0.862. The van der Waals surface area contributed by atoms with Crippen molar-refractivity contribution in [2.45, 2.75) is 51.1 Å². The zero-order chi connectivity index (χ0) is 18.6. The zero-order valence-corrected chi connectivity index (χ0v) is 15.3. The van der Waals surface area contributed by atoms with E-state index in [-0.39, 0.29) is 17.9 Å². The average Bonchev–Trinajstić information content (AvgIpc) is 3.08. The van der Waals surface area contributed by atoms with Gasteiger partial charge in [-0.15, -0.1) is 0 Å². The Morgan fingerprint density at radius 3 is 2.70 bits per heavy atom. The van der Waals surface area contributed by atoms with E-state index in [0.717, 1.165) is 56.8 Å². The van der Waals surface area contributed by atoms with Crippen LogP contribution < -0.4 is 10.6 Å². The van der Waals surface area contributed by atoms with Gasteiger partial charge in [-0.1, -0.05) is 5.16 Å². The number of fused-ring (bicyclic) bond motifs is 1. The van der Waals surface area contributed by atoms with Crippen molar-refractivity contribution in [3.05, 3.63) is 47.1 Å². The van der Waals surface area contributed by atoms with E-state index in [9.17, 15) is 9.18 Å². The van der Waals surface area contributed by atoms with Gasteiger partial charge in [-0.05, 0) is 56.4 Å². The molecule has 1 saturated heterocycles. The molecule has 2 aliphatic rings. The van der Waals surface area contributed by atoms with Gasteiger partial charge in [0.25, 0.3) is 0 Å². The lowest BCUT2D eigenvalue weighted by molar-refractivity contribution is 0.185. The molecule has 2 aromatic rings. The molecule has 1 aliphatic heterocycles. The lowest BCUT2D eigenvalue weighted by atomic mass is 9.96. The summed E-state index contributed by atoms with van der Waals surface area (Å²) in [6.45, 7) is 2.67. The molecule has 2 amide bonds. The van der Waals surface area contributed by atoms with Gasteiger partial charge in [0, 0.05) is 43.3 Å². The summed E-state index contributed by atoms with van der Waals surface area (Å²) in [7, 11) is 0. The Kier molecular flexibility index (Phi) is 5.38. The Hall–Kier alpha value is -2.41. The second-order valence-electron chi connectivity index (χ2n) is 7.39. The van der Waals surface area contributed by atoms with Crippen molar-refractivity contribution < 1.29 is 13.7 Å². The van der Waals surface area contributed by atoms with Crippen molar-refractivity contribution >= 4 is 11.7 Å². The summed E-state index contributed by atoms with van der Waals surface area (Å²) < 4.78 is 18.4. The molecule has 0 spiro atoms. The largest absolute Gasteiger partial charge is 0.361 e. The van der Waals surface area contributed by atoms with E-state index in [1.54, 1.807) is 12.1 Å². The standard InChI is InChI=1S/C20H25FN4O2/c21-14-5-7-15(8-6-14)22-20(26)23-16-9-11-25(12-10-16)13-18-17-3-1-2-4-19(17)27-24-18/h5-8,16H,1-4,9-13H2,(H2,22,23,26). The summed E-state index contributed by atoms with van der Waals surface area (Å²) in [5.74, 6) is 0.756. The Morgan fingerprint density at radius 1 is 1.19 bits per heavy atom. The van der Waals surface area contributed by atoms with E-state index in [4.69, 9.17) is 4.52 Å². The van der Waals surface area contributed by atoms with Crippen molar-refractivity contribution in [2.75, 3.05) is 18.4 Å². The molecule has 4 rings (SSSR count). The highest BCUT2D eigenvalue weighted by molar-refractivity contribution is 5.89. The number of aromatic nitrogens is 1. The maximum atomic E-state index is 12.9. The second kappa shape index (κ2) is 8.08. The SMILES string of the molecule is O=C(Nc1ccc(F)cc1)NC1CCN(Cc2noc3c2CCCC3)CC1. The summed E-state index contributed by atoms with van der Waals surface area (Å²) >= 11 is 0. The number of carbonyl (C=O) groups is 1. The molecule has 0 saturated carbocycles. The van der Waals surface area contributed by atoms with Gasteiger partial charge in [0.1, 0.15) is 17.3 Å². The summed E-state index contributed by atoms with van der Waals surface area (Å²) in [5, 5.41) is 10.0. The van der Waals surface area contributed by atoms with E-state index in [1.165, 1.54) is 30.5 Å². The number of hydrogen-bond donors (Lipinski definition) is 2. The topological polar surface area (TPSA) is 70.4 Å². The third-order valence-corrected chi connectivity index (χ3v) is 5.43. The normalized spacial score (nSPS) is 18.1. The van der Waals surface area contributed by atoms with Gasteiger partial charge in [0.2, 0.25) is 0 Å². The second-order valence-corrected chi connectivity index (χ2v) is 7.39. The van der Waals surface area contributed by atoms with Crippen LogP contribution in [-0.4, -0.2) is 35.2 Å². The van der Waals surface area contributed by atoms with Crippen molar-refractivity contribution in [3.8, 4) is 0 Å². The Bertz CT molecular complexity index is 782. The monoisotopic (exact) mass is 372 g/mol. The number of urea groups is 1. The average molecular weight is 372 g/mol. The number of piperidine rings is 1. The highest BCUT2D eigenvalue weighted by atomic mass is 19.1. The van der Waals surface area contributed by atoms with Gasteiger partial charge in [0.15, 0.2) is 0 Å². The number of nitrogens with zero attached hydrogens (tertiary/aromatic N) is 2. The van der Waals surface area contributed by atoms with Crippen LogP contribution in [0, 0.1) is 5.82 Å². The fourth-order valence-corrected chi connectivity index (χ4v) is 3.91. The third-order valence-electron chi connectivity index (χ3n) is 5.43. The van der Waals surface area contributed by atoms with Crippen LogP contribution in [0.2, 0.25) is 0 Å². The predicted molar refractivity (Wildman–Crippen MR) is 100.0 cm³/mol. The van der Waals surface area contributed by atoms with Gasteiger partial charge >= 0.3 is 6.03 Å². The van der Waals surface area contributed by atoms with Crippen LogP contribution in [-0.2, 0) is 19.4 Å². The Labute approximate surface area is 158 Å². The van der Waals surface area contributed by atoms with E-state index < -0.39 is 0 Å². The van der Waals surface area contributed by atoms with Gasteiger partial charge in [0.05, 0.1) is 0 Å². The first kappa shape index (κ1) is 18.0. The van der Waals surface area contributed by atoms with Gasteiger partial charge < -0.3 is 15.2 Å². The molecule has 27 heavy (non-hydrogen) atoms. The Balaban J connectivity index is 1.23. The van der Waals surface area contributed by atoms with Crippen molar-refractivity contribution in [1.82, 2.24) is 15.4 Å². The first-order valence-corrected chi connectivity index (χ1v) is 9.69. The van der Waals surface area contributed by atoms with E-state index >= 15 is 0 Å². The number of rotatable bonds is 4. The molecule has 0 atom stereocenters. The minimum absolute atomic E-state index is 0.146. The fourth-order valence-electron chi connectivity index (χ4n) is 3.91. The van der Waals surface area contributed by atoms with E-state index in [2.05, 4.69) is 20.7 Å². The molecule has 0 unspecified atom stereocenters. The van der Waals surface area contributed by atoms with Gasteiger partial charge in [-0.2, -0.15) is 0 Å². The maximum Gasteiger partial charge on any atom is 0.319 e. The molecule has 144 valence electrons. The molecule has 0 radical (unpaired) electrons. The third kappa shape index (κ3) is 4.47. The zero-order valence-electron chi connectivity index (χ0n) is 15.3. The molecular formula is C20H25FN4O2. The van der Waals surface area contributed by atoms with Crippen LogP contribution in [0.5, 0.6) is 0 Å². The number of benzene rings is 1. The first-order valence-electron chi connectivity index (χ1n) is 9.69. The summed E-state index contributed by atoms with van der Waals surface area (Å²) in [4.78, 5) is 14.5. The van der Waals surface area contributed by atoms with Gasteiger partial charge in [-0.25, -0.2) is 9.18 Å². The molecule has 1 aromatic carbocycles. The summed E-state index contributed by atoms with van der Waals surface area (Å²) in [5.41, 5.74) is 2.99. The number of halogens is 1. The predicted octanol–water partition coefficient (Wildman–Crippen LogP) is 3.48. The number of carbonyl (C=O) groups excluding carboxylic acids is 1. The highest BCUT2D eigenvalue weighted by Crippen LogP contribution is 2.25. The molecule has 2 heterocycles. The molecule has 1 aromatic heterocycles. The van der Waals surface area contributed by atoms with Crippen LogP contribution >= 0.6 is 0 Å². The molecule has 0 bridgehead atoms. The van der Waals surface area contributed by atoms with Crippen molar-refractivity contribution in [1.29, 1.82) is 0 Å². The Morgan fingerprint density at radius 2 is 1.93 bits per heavy atom. The van der Waals surface area contributed by atoms with Crippen LogP contribution in [0.25, 0.3) is 0 Å². The molecule has 1 aliphatic carbocycles. The molecule has 1 fully saturated rings. The molecule has 6 nitrogen and oxygen atoms in total. The summed E-state index contributed by atoms with van der Waals surface area (Å²) in [6.07, 6.45) is 6.30. The highest BCUT2D eigenvalue weighted by Gasteiger charge is 2.24. The molecule has 7 heteroatoms. The lowest BCUT2D eigenvalue weighted by Crippen LogP contribution is -2.45. The van der Waals surface area contributed by atoms with Crippen LogP contribution in [0.1, 0.15) is 42.7 Å². The minimum Gasteiger partial charge on any atom is -0.361 e.